The molecule has 0 amide bonds. The summed E-state index contributed by atoms with van der Waals surface area (Å²) in [5, 5.41) is 4.35. The Balaban J connectivity index is 4.10. The van der Waals surface area contributed by atoms with Gasteiger partial charge in [-0.2, -0.15) is 0 Å². The topological polar surface area (TPSA) is 60.2 Å². The zero-order valence-electron chi connectivity index (χ0n) is 3.06. The van der Waals surface area contributed by atoms with E-state index in [4.69, 9.17) is 23.2 Å². The lowest BCUT2D eigenvalue weighted by Crippen LogP contribution is -2.13. The summed E-state index contributed by atoms with van der Waals surface area (Å²) in [6.45, 7) is 0. The van der Waals surface area contributed by atoms with E-state index in [-0.39, 0.29) is 0 Å². The van der Waals surface area contributed by atoms with Gasteiger partial charge < -0.3 is 0 Å². The molecule has 2 N–H and O–H groups in total. The molecule has 1 radical (unpaired) electrons. The van der Waals surface area contributed by atoms with Crippen LogP contribution in [0.15, 0.2) is 0 Å². The summed E-state index contributed by atoms with van der Waals surface area (Å²) in [6.07, 6.45) is 0. The fraction of sp³-hybridized carbons (Fsp3) is 0. The molecule has 0 heterocycles. The van der Waals surface area contributed by atoms with Crippen LogP contribution in [0.2, 0.25) is 0 Å². The summed E-state index contributed by atoms with van der Waals surface area (Å²) >= 11 is 9.45. The van der Waals surface area contributed by atoms with Crippen LogP contribution in [0.5, 0.6) is 0 Å². The van der Waals surface area contributed by atoms with E-state index in [2.05, 4.69) is 5.14 Å². The van der Waals surface area contributed by atoms with Gasteiger partial charge in [-0.3, -0.25) is 0 Å². The van der Waals surface area contributed by atoms with Crippen molar-refractivity contribution in [1.29, 1.82) is 0 Å². The molecule has 0 atom stereocenters. The van der Waals surface area contributed by atoms with E-state index in [1.165, 1.54) is 0 Å². The molecule has 0 aliphatic heterocycles. The predicted octanol–water partition coefficient (Wildman–Crippen LogP) is 0.199. The van der Waals surface area contributed by atoms with Gasteiger partial charge in [-0.05, 0) is 0 Å². The minimum Gasteiger partial charge on any atom is -0.226 e. The molecule has 0 aromatic heterocycles. The lowest BCUT2D eigenvalue weighted by atomic mass is 11.9. The van der Waals surface area contributed by atoms with E-state index < -0.39 is 14.2 Å². The van der Waals surface area contributed by atoms with Gasteiger partial charge in [-0.1, -0.05) is 23.2 Å². The summed E-state index contributed by atoms with van der Waals surface area (Å²) in [4.78, 5) is 0. The first-order valence-electron chi connectivity index (χ1n) is 1.15. The maximum Gasteiger partial charge on any atom is 0.280 e. The molecule has 6 heteroatoms. The van der Waals surface area contributed by atoms with Gasteiger partial charge in [0.2, 0.25) is 10.0 Å². The van der Waals surface area contributed by atoms with E-state index in [9.17, 15) is 8.42 Å². The summed E-state index contributed by atoms with van der Waals surface area (Å²) in [7, 11) is -3.79. The zero-order chi connectivity index (χ0) is 6.08. The number of hydrogen-bond donors (Lipinski definition) is 1. The van der Waals surface area contributed by atoms with Crippen LogP contribution in [0, 0.1) is 4.17 Å². The van der Waals surface area contributed by atoms with Gasteiger partial charge in [0.15, 0.2) is 0 Å². The first kappa shape index (κ1) is 7.49. The fourth-order valence-corrected chi connectivity index (χ4v) is 0. The summed E-state index contributed by atoms with van der Waals surface area (Å²) in [6, 6.07) is 0. The molecule has 0 fully saturated rings. The number of halogens is 2. The van der Waals surface area contributed by atoms with Gasteiger partial charge in [0.05, 0.1) is 0 Å². The minimum atomic E-state index is -3.79. The highest BCUT2D eigenvalue weighted by atomic mass is 35.5. The quantitative estimate of drug-likeness (QED) is 0.600. The third kappa shape index (κ3) is 3.11. The second-order valence-corrected chi connectivity index (χ2v) is 3.67. The lowest BCUT2D eigenvalue weighted by molar-refractivity contribution is 0.604. The summed E-state index contributed by atoms with van der Waals surface area (Å²) in [5.74, 6) is 0. The second-order valence-electron chi connectivity index (χ2n) is 0.771. The van der Waals surface area contributed by atoms with Gasteiger partial charge in [-0.15, -0.1) is 0 Å². The molecule has 0 aromatic rings. The highest BCUT2D eigenvalue weighted by Crippen LogP contribution is 2.15. The molecular weight excluding hydrogens is 161 g/mol. The number of sulfonamides is 1. The molecule has 0 rings (SSSR count). The molecule has 0 spiro atoms. The van der Waals surface area contributed by atoms with Crippen LogP contribution >= 0.6 is 23.2 Å². The van der Waals surface area contributed by atoms with Crippen molar-refractivity contribution in [1.82, 2.24) is 0 Å². The Morgan fingerprint density at radius 2 is 1.57 bits per heavy atom. The Labute approximate surface area is 51.4 Å². The molecule has 0 unspecified atom stereocenters. The Hall–Kier alpha value is 0.490. The summed E-state index contributed by atoms with van der Waals surface area (Å²) in [5.41, 5.74) is 0. The van der Waals surface area contributed by atoms with Crippen molar-refractivity contribution in [2.24, 2.45) is 5.14 Å². The average molecular weight is 163 g/mol. The van der Waals surface area contributed by atoms with Crippen molar-refractivity contribution in [3.05, 3.63) is 4.17 Å². The predicted molar refractivity (Wildman–Crippen MR) is 28.1 cm³/mol. The Morgan fingerprint density at radius 3 is 1.57 bits per heavy atom. The third-order valence-electron chi connectivity index (χ3n) is 0.215. The smallest absolute Gasteiger partial charge is 0.226 e. The molecule has 0 aliphatic carbocycles. The molecule has 0 saturated heterocycles. The monoisotopic (exact) mass is 162 g/mol. The highest BCUT2D eigenvalue weighted by Gasteiger charge is 2.14. The van der Waals surface area contributed by atoms with E-state index >= 15 is 0 Å². The molecule has 0 aliphatic rings. The van der Waals surface area contributed by atoms with E-state index in [0.29, 0.717) is 0 Å². The first-order chi connectivity index (χ1) is 2.94. The Morgan fingerprint density at radius 1 is 1.43 bits per heavy atom. The SMILES string of the molecule is NS(=O)(=O)[C](Cl)Cl. The van der Waals surface area contributed by atoms with Gasteiger partial charge in [0, 0.05) is 0 Å². The van der Waals surface area contributed by atoms with Gasteiger partial charge in [0.1, 0.15) is 0 Å². The van der Waals surface area contributed by atoms with Crippen molar-refractivity contribution in [3.8, 4) is 0 Å². The molecular formula is CH2Cl2NO2S. The molecule has 43 valence electrons. The summed E-state index contributed by atoms with van der Waals surface area (Å²) < 4.78 is 18.8. The van der Waals surface area contributed by atoms with Crippen molar-refractivity contribution in [2.75, 3.05) is 0 Å². The zero-order valence-corrected chi connectivity index (χ0v) is 5.39. The average Bonchev–Trinajstić information content (AvgIpc) is 1.31. The van der Waals surface area contributed by atoms with Gasteiger partial charge in [0.25, 0.3) is 4.17 Å². The number of hydrogen-bond acceptors (Lipinski definition) is 2. The molecule has 0 saturated carbocycles. The van der Waals surface area contributed by atoms with Crippen molar-refractivity contribution in [3.63, 3.8) is 0 Å². The Kier molecular flexibility index (Phi) is 2.32. The molecule has 0 aromatic carbocycles. The maximum atomic E-state index is 9.81. The largest absolute Gasteiger partial charge is 0.280 e. The minimum absolute atomic E-state index is 0.812. The van der Waals surface area contributed by atoms with Crippen molar-refractivity contribution >= 4 is 33.2 Å². The number of nitrogens with two attached hydrogens (primary N) is 1. The van der Waals surface area contributed by atoms with Crippen molar-refractivity contribution < 1.29 is 8.42 Å². The highest BCUT2D eigenvalue weighted by molar-refractivity contribution is 7.95. The van der Waals surface area contributed by atoms with Crippen LogP contribution in [0.3, 0.4) is 0 Å². The van der Waals surface area contributed by atoms with Crippen LogP contribution < -0.4 is 5.14 Å². The standard InChI is InChI=1S/CH2Cl2NO2S/c2-1(3)7(4,5)6/h(H2,4,5,6). The molecule has 7 heavy (non-hydrogen) atoms. The van der Waals surface area contributed by atoms with Crippen LogP contribution in [-0.4, -0.2) is 8.42 Å². The van der Waals surface area contributed by atoms with Gasteiger partial charge in [-0.25, -0.2) is 13.6 Å². The maximum absolute atomic E-state index is 9.81. The van der Waals surface area contributed by atoms with E-state index in [1.807, 2.05) is 0 Å². The number of rotatable bonds is 1. The van der Waals surface area contributed by atoms with E-state index in [1.54, 1.807) is 0 Å². The third-order valence-corrected chi connectivity index (χ3v) is 1.94. The van der Waals surface area contributed by atoms with Crippen LogP contribution in [-0.2, 0) is 10.0 Å². The number of primary sulfonamides is 1. The normalized spacial score (nSPS) is 12.6. The van der Waals surface area contributed by atoms with Crippen molar-refractivity contribution in [2.45, 2.75) is 0 Å². The fourth-order valence-electron chi connectivity index (χ4n) is 0. The van der Waals surface area contributed by atoms with Crippen LogP contribution in [0.1, 0.15) is 0 Å². The van der Waals surface area contributed by atoms with Crippen LogP contribution in [0.25, 0.3) is 0 Å². The first-order valence-corrected chi connectivity index (χ1v) is 3.45. The van der Waals surface area contributed by atoms with E-state index in [0.717, 1.165) is 0 Å². The Bertz CT molecular complexity index is 138. The van der Waals surface area contributed by atoms with Crippen LogP contribution in [0.4, 0.5) is 0 Å². The lowest BCUT2D eigenvalue weighted by Gasteiger charge is -1.89. The second kappa shape index (κ2) is 2.17. The van der Waals surface area contributed by atoms with Gasteiger partial charge >= 0.3 is 0 Å². The molecule has 3 nitrogen and oxygen atoms in total. The molecule has 0 bridgehead atoms.